The summed E-state index contributed by atoms with van der Waals surface area (Å²) in [6.07, 6.45) is 1.19. The van der Waals surface area contributed by atoms with Gasteiger partial charge in [-0.15, -0.1) is 0 Å². The molecule has 1 aromatic carbocycles. The summed E-state index contributed by atoms with van der Waals surface area (Å²) < 4.78 is 10.6. The summed E-state index contributed by atoms with van der Waals surface area (Å²) in [6, 6.07) is 5.96. The van der Waals surface area contributed by atoms with Crippen molar-refractivity contribution < 1.29 is 9.47 Å². The molecule has 0 aliphatic carbocycles. The average molecular weight is 207 g/mol. The highest BCUT2D eigenvalue weighted by Gasteiger charge is 2.12. The van der Waals surface area contributed by atoms with E-state index >= 15 is 0 Å². The Morgan fingerprint density at radius 3 is 2.93 bits per heavy atom. The quantitative estimate of drug-likeness (QED) is 0.823. The van der Waals surface area contributed by atoms with Crippen molar-refractivity contribution in [1.82, 2.24) is 0 Å². The third kappa shape index (κ3) is 2.35. The Balaban J connectivity index is 1.98. The van der Waals surface area contributed by atoms with Gasteiger partial charge in [0.1, 0.15) is 0 Å². The van der Waals surface area contributed by atoms with Crippen LogP contribution in [0.5, 0.6) is 11.5 Å². The molecule has 0 bridgehead atoms. The highest BCUT2D eigenvalue weighted by molar-refractivity contribution is 5.55. The molecule has 1 N–H and O–H groups in total. The van der Waals surface area contributed by atoms with Gasteiger partial charge in [0.2, 0.25) is 6.79 Å². The van der Waals surface area contributed by atoms with Crippen LogP contribution in [0.25, 0.3) is 0 Å². The molecule has 15 heavy (non-hydrogen) atoms. The molecule has 2 rings (SSSR count). The van der Waals surface area contributed by atoms with E-state index in [2.05, 4.69) is 19.2 Å². The van der Waals surface area contributed by atoms with Crippen LogP contribution in [0.2, 0.25) is 0 Å². The van der Waals surface area contributed by atoms with E-state index in [-0.39, 0.29) is 0 Å². The van der Waals surface area contributed by atoms with Crippen molar-refractivity contribution in [3.63, 3.8) is 0 Å². The van der Waals surface area contributed by atoms with Crippen LogP contribution in [-0.4, -0.2) is 13.3 Å². The summed E-state index contributed by atoms with van der Waals surface area (Å²) in [4.78, 5) is 0. The summed E-state index contributed by atoms with van der Waals surface area (Å²) >= 11 is 0. The second-order valence-corrected chi connectivity index (χ2v) is 3.96. The van der Waals surface area contributed by atoms with Gasteiger partial charge in [-0.1, -0.05) is 20.3 Å². The first-order valence-corrected chi connectivity index (χ1v) is 5.43. The number of hydrogen-bond acceptors (Lipinski definition) is 3. The van der Waals surface area contributed by atoms with Crippen LogP contribution in [-0.2, 0) is 0 Å². The summed E-state index contributed by atoms with van der Waals surface area (Å²) in [7, 11) is 0. The van der Waals surface area contributed by atoms with Gasteiger partial charge >= 0.3 is 0 Å². The summed E-state index contributed by atoms with van der Waals surface area (Å²) in [5, 5.41) is 3.39. The van der Waals surface area contributed by atoms with Gasteiger partial charge in [-0.2, -0.15) is 0 Å². The van der Waals surface area contributed by atoms with Crippen molar-refractivity contribution in [1.29, 1.82) is 0 Å². The van der Waals surface area contributed by atoms with E-state index in [9.17, 15) is 0 Å². The zero-order valence-corrected chi connectivity index (χ0v) is 9.25. The lowest BCUT2D eigenvalue weighted by molar-refractivity contribution is 0.174. The number of hydrogen-bond donors (Lipinski definition) is 1. The van der Waals surface area contributed by atoms with Crippen LogP contribution < -0.4 is 14.8 Å². The minimum Gasteiger partial charge on any atom is -0.454 e. The van der Waals surface area contributed by atoms with E-state index < -0.39 is 0 Å². The smallest absolute Gasteiger partial charge is 0.231 e. The number of ether oxygens (including phenoxy) is 2. The number of rotatable bonds is 4. The molecular weight excluding hydrogens is 190 g/mol. The summed E-state index contributed by atoms with van der Waals surface area (Å²) in [5.41, 5.74) is 1.10. The first kappa shape index (κ1) is 10.1. The standard InChI is InChI=1S/C12H17NO2/c1-3-9(2)7-13-10-4-5-11-12(6-10)15-8-14-11/h4-6,9,13H,3,7-8H2,1-2H3. The zero-order chi connectivity index (χ0) is 10.7. The molecule has 1 aromatic rings. The van der Waals surface area contributed by atoms with Crippen LogP contribution in [0.15, 0.2) is 18.2 Å². The maximum atomic E-state index is 5.31. The molecule has 0 saturated heterocycles. The lowest BCUT2D eigenvalue weighted by atomic mass is 10.1. The molecule has 0 fully saturated rings. The Morgan fingerprint density at radius 1 is 1.33 bits per heavy atom. The number of benzene rings is 1. The van der Waals surface area contributed by atoms with Crippen molar-refractivity contribution in [3.8, 4) is 11.5 Å². The fourth-order valence-corrected chi connectivity index (χ4v) is 1.44. The van der Waals surface area contributed by atoms with Gasteiger partial charge < -0.3 is 14.8 Å². The van der Waals surface area contributed by atoms with E-state index in [0.29, 0.717) is 12.7 Å². The second-order valence-electron chi connectivity index (χ2n) is 3.96. The van der Waals surface area contributed by atoms with E-state index in [1.807, 2.05) is 18.2 Å². The zero-order valence-electron chi connectivity index (χ0n) is 9.25. The average Bonchev–Trinajstić information content (AvgIpc) is 2.72. The largest absolute Gasteiger partial charge is 0.454 e. The van der Waals surface area contributed by atoms with E-state index in [4.69, 9.17) is 9.47 Å². The third-order valence-electron chi connectivity index (χ3n) is 2.72. The Hall–Kier alpha value is -1.38. The molecule has 1 aliphatic rings. The number of anilines is 1. The monoisotopic (exact) mass is 207 g/mol. The molecule has 0 radical (unpaired) electrons. The normalized spacial score (nSPS) is 15.1. The molecule has 1 heterocycles. The van der Waals surface area contributed by atoms with Crippen LogP contribution in [0.4, 0.5) is 5.69 Å². The van der Waals surface area contributed by atoms with Gasteiger partial charge in [-0.05, 0) is 18.1 Å². The van der Waals surface area contributed by atoms with Crippen molar-refractivity contribution >= 4 is 5.69 Å². The van der Waals surface area contributed by atoms with Gasteiger partial charge in [-0.25, -0.2) is 0 Å². The predicted octanol–water partition coefficient (Wildman–Crippen LogP) is 2.87. The van der Waals surface area contributed by atoms with E-state index in [1.165, 1.54) is 6.42 Å². The van der Waals surface area contributed by atoms with Crippen LogP contribution in [0.1, 0.15) is 20.3 Å². The molecular formula is C12H17NO2. The van der Waals surface area contributed by atoms with Crippen molar-refractivity contribution in [3.05, 3.63) is 18.2 Å². The molecule has 0 saturated carbocycles. The van der Waals surface area contributed by atoms with Crippen molar-refractivity contribution in [2.24, 2.45) is 5.92 Å². The molecule has 3 heteroatoms. The molecule has 1 aliphatic heterocycles. The predicted molar refractivity (Wildman–Crippen MR) is 60.5 cm³/mol. The topological polar surface area (TPSA) is 30.5 Å². The number of fused-ring (bicyclic) bond motifs is 1. The molecule has 1 atom stereocenters. The van der Waals surface area contributed by atoms with E-state index in [0.717, 1.165) is 23.7 Å². The fraction of sp³-hybridized carbons (Fsp3) is 0.500. The Labute approximate surface area is 90.4 Å². The van der Waals surface area contributed by atoms with Gasteiger partial charge in [0.05, 0.1) is 0 Å². The Kier molecular flexibility index (Phi) is 2.99. The minimum atomic E-state index is 0.337. The Bertz CT molecular complexity index is 338. The van der Waals surface area contributed by atoms with Crippen LogP contribution in [0.3, 0.4) is 0 Å². The summed E-state index contributed by atoms with van der Waals surface area (Å²) in [6.45, 7) is 5.77. The summed E-state index contributed by atoms with van der Waals surface area (Å²) in [5.74, 6) is 2.36. The fourth-order valence-electron chi connectivity index (χ4n) is 1.44. The highest BCUT2D eigenvalue weighted by atomic mass is 16.7. The molecule has 0 aromatic heterocycles. The second kappa shape index (κ2) is 4.43. The van der Waals surface area contributed by atoms with Crippen LogP contribution in [0, 0.1) is 5.92 Å². The van der Waals surface area contributed by atoms with Gasteiger partial charge in [0.25, 0.3) is 0 Å². The molecule has 3 nitrogen and oxygen atoms in total. The van der Waals surface area contributed by atoms with Crippen LogP contribution >= 0.6 is 0 Å². The number of nitrogens with one attached hydrogen (secondary N) is 1. The first-order chi connectivity index (χ1) is 7.29. The maximum absolute atomic E-state index is 5.31. The SMILES string of the molecule is CCC(C)CNc1ccc2c(c1)OCO2. The van der Waals surface area contributed by atoms with Gasteiger partial charge in [0, 0.05) is 18.3 Å². The lowest BCUT2D eigenvalue weighted by Gasteiger charge is -2.11. The van der Waals surface area contributed by atoms with Gasteiger partial charge in [-0.3, -0.25) is 0 Å². The van der Waals surface area contributed by atoms with E-state index in [1.54, 1.807) is 0 Å². The van der Waals surface area contributed by atoms with Crippen molar-refractivity contribution in [2.75, 3.05) is 18.7 Å². The minimum absolute atomic E-state index is 0.337. The maximum Gasteiger partial charge on any atom is 0.231 e. The third-order valence-corrected chi connectivity index (χ3v) is 2.72. The Morgan fingerprint density at radius 2 is 2.13 bits per heavy atom. The molecule has 1 unspecified atom stereocenters. The van der Waals surface area contributed by atoms with Gasteiger partial charge in [0.15, 0.2) is 11.5 Å². The molecule has 0 amide bonds. The first-order valence-electron chi connectivity index (χ1n) is 5.43. The molecule has 82 valence electrons. The lowest BCUT2D eigenvalue weighted by Crippen LogP contribution is -2.09. The highest BCUT2D eigenvalue weighted by Crippen LogP contribution is 2.34. The molecule has 0 spiro atoms. The van der Waals surface area contributed by atoms with Crippen molar-refractivity contribution in [2.45, 2.75) is 20.3 Å².